The monoisotopic (exact) mass is 245 g/mol. The molecule has 1 aromatic carbocycles. The molecule has 16 heavy (non-hydrogen) atoms. The number of rotatable bonds is 1. The van der Waals surface area contributed by atoms with E-state index in [9.17, 15) is 4.39 Å². The number of hydrogen-bond donors (Lipinski definition) is 2. The fraction of sp³-hybridized carbons (Fsp3) is 0.400. The van der Waals surface area contributed by atoms with Crippen LogP contribution in [0.2, 0.25) is 5.02 Å². The van der Waals surface area contributed by atoms with Gasteiger partial charge in [0.05, 0.1) is 18.0 Å². The summed E-state index contributed by atoms with van der Waals surface area (Å²) < 4.78 is 13.9. The molecule has 4 N–H and O–H groups in total. The van der Waals surface area contributed by atoms with Gasteiger partial charge in [0.1, 0.15) is 10.7 Å². The molecule has 6 heteroatoms. The summed E-state index contributed by atoms with van der Waals surface area (Å²) in [6.45, 7) is 1.16. The van der Waals surface area contributed by atoms with Crippen molar-refractivity contribution in [1.29, 1.82) is 0 Å². The first kappa shape index (κ1) is 11.3. The Hall–Kier alpha value is -1.20. The maximum Gasteiger partial charge on any atom is 0.171 e. The Morgan fingerprint density at radius 3 is 2.69 bits per heavy atom. The van der Waals surface area contributed by atoms with E-state index in [2.05, 4.69) is 0 Å². The molecule has 0 bridgehead atoms. The molecule has 0 unspecified atom stereocenters. The zero-order valence-corrected chi connectivity index (χ0v) is 9.43. The molecule has 0 aliphatic carbocycles. The third-order valence-corrected chi connectivity index (χ3v) is 2.87. The first-order valence-corrected chi connectivity index (χ1v) is 5.42. The van der Waals surface area contributed by atoms with E-state index in [4.69, 9.17) is 27.9 Å². The zero-order chi connectivity index (χ0) is 11.7. The summed E-state index contributed by atoms with van der Waals surface area (Å²) in [6.07, 6.45) is 1.89. The highest BCUT2D eigenvalue weighted by Crippen LogP contribution is 2.37. The molecule has 88 valence electrons. The number of nitrogen functional groups attached to an aromatic ring is 2. The van der Waals surface area contributed by atoms with Gasteiger partial charge in [-0.3, -0.25) is 4.84 Å². The predicted octanol–water partition coefficient (Wildman–Crippen LogP) is 2.18. The van der Waals surface area contributed by atoms with Crippen LogP contribution >= 0.6 is 11.6 Å². The second-order valence-corrected chi connectivity index (χ2v) is 4.05. The van der Waals surface area contributed by atoms with Gasteiger partial charge in [-0.05, 0) is 18.9 Å². The summed E-state index contributed by atoms with van der Waals surface area (Å²) >= 11 is 5.74. The van der Waals surface area contributed by atoms with E-state index >= 15 is 0 Å². The van der Waals surface area contributed by atoms with Gasteiger partial charge >= 0.3 is 0 Å². The predicted molar refractivity (Wildman–Crippen MR) is 62.8 cm³/mol. The summed E-state index contributed by atoms with van der Waals surface area (Å²) in [5.74, 6) is -0.624. The molecule has 1 aliphatic heterocycles. The van der Waals surface area contributed by atoms with Crippen LogP contribution in [0, 0.1) is 5.82 Å². The SMILES string of the molecule is Nc1cc(N)c(N2CCCCO2)c(F)c1Cl. The standard InChI is InChI=1S/C10H13ClFN3O/c11-8-6(13)5-7(14)10(9(8)12)15-3-1-2-4-16-15/h5H,1-4,13-14H2. The molecule has 1 aliphatic rings. The number of halogens is 2. The normalized spacial score (nSPS) is 16.5. The van der Waals surface area contributed by atoms with Crippen LogP contribution in [0.25, 0.3) is 0 Å². The van der Waals surface area contributed by atoms with Crippen molar-refractivity contribution in [3.05, 3.63) is 16.9 Å². The Morgan fingerprint density at radius 2 is 2.06 bits per heavy atom. The van der Waals surface area contributed by atoms with Gasteiger partial charge in [0, 0.05) is 6.54 Å². The second kappa shape index (κ2) is 4.35. The van der Waals surface area contributed by atoms with Crippen LogP contribution in [-0.2, 0) is 4.84 Å². The number of benzene rings is 1. The van der Waals surface area contributed by atoms with Gasteiger partial charge < -0.3 is 11.5 Å². The van der Waals surface area contributed by atoms with Crippen molar-refractivity contribution in [2.75, 3.05) is 29.7 Å². The molecular formula is C10H13ClFN3O. The lowest BCUT2D eigenvalue weighted by Gasteiger charge is -2.29. The van der Waals surface area contributed by atoms with Gasteiger partial charge in [0.2, 0.25) is 0 Å². The van der Waals surface area contributed by atoms with Crippen molar-refractivity contribution in [3.63, 3.8) is 0 Å². The van der Waals surface area contributed by atoms with Gasteiger partial charge in [-0.1, -0.05) is 11.6 Å². The van der Waals surface area contributed by atoms with Crippen LogP contribution in [0.5, 0.6) is 0 Å². The quantitative estimate of drug-likeness (QED) is 0.745. The van der Waals surface area contributed by atoms with E-state index in [1.165, 1.54) is 11.1 Å². The largest absolute Gasteiger partial charge is 0.397 e. The van der Waals surface area contributed by atoms with E-state index in [0.717, 1.165) is 12.8 Å². The van der Waals surface area contributed by atoms with Gasteiger partial charge in [-0.2, -0.15) is 0 Å². The molecule has 0 aromatic heterocycles. The minimum atomic E-state index is -0.624. The lowest BCUT2D eigenvalue weighted by molar-refractivity contribution is 0.0767. The van der Waals surface area contributed by atoms with Crippen LogP contribution in [-0.4, -0.2) is 13.2 Å². The molecule has 1 heterocycles. The average Bonchev–Trinajstić information content (AvgIpc) is 2.28. The third-order valence-electron chi connectivity index (χ3n) is 2.49. The highest BCUT2D eigenvalue weighted by molar-refractivity contribution is 6.33. The van der Waals surface area contributed by atoms with Gasteiger partial charge in [0.25, 0.3) is 0 Å². The summed E-state index contributed by atoms with van der Waals surface area (Å²) in [7, 11) is 0. The minimum Gasteiger partial charge on any atom is -0.397 e. The van der Waals surface area contributed by atoms with Gasteiger partial charge in [0.15, 0.2) is 5.82 Å². The average molecular weight is 246 g/mol. The van der Waals surface area contributed by atoms with Crippen LogP contribution in [0.1, 0.15) is 12.8 Å². The van der Waals surface area contributed by atoms with Gasteiger partial charge in [-0.15, -0.1) is 0 Å². The molecule has 0 amide bonds. The first-order chi connectivity index (χ1) is 7.61. The van der Waals surface area contributed by atoms with Crippen LogP contribution in [0.3, 0.4) is 0 Å². The van der Waals surface area contributed by atoms with Crippen LogP contribution in [0.4, 0.5) is 21.5 Å². The smallest absolute Gasteiger partial charge is 0.171 e. The molecule has 1 aromatic rings. The Balaban J connectivity index is 2.42. The first-order valence-electron chi connectivity index (χ1n) is 5.04. The summed E-state index contributed by atoms with van der Waals surface area (Å²) in [4.78, 5) is 5.33. The van der Waals surface area contributed by atoms with E-state index in [1.807, 2.05) is 0 Å². The van der Waals surface area contributed by atoms with E-state index in [-0.39, 0.29) is 22.1 Å². The molecule has 1 fully saturated rings. The molecular weight excluding hydrogens is 233 g/mol. The van der Waals surface area contributed by atoms with Crippen molar-refractivity contribution in [1.82, 2.24) is 0 Å². The van der Waals surface area contributed by atoms with Crippen molar-refractivity contribution >= 4 is 28.7 Å². The summed E-state index contributed by atoms with van der Waals surface area (Å²) in [5.41, 5.74) is 11.8. The summed E-state index contributed by atoms with van der Waals surface area (Å²) in [5, 5.41) is 1.33. The number of hydrogen-bond acceptors (Lipinski definition) is 4. The van der Waals surface area contributed by atoms with Gasteiger partial charge in [-0.25, -0.2) is 9.45 Å². The number of nitrogens with zero attached hydrogens (tertiary/aromatic N) is 1. The Bertz CT molecular complexity index is 408. The zero-order valence-electron chi connectivity index (χ0n) is 8.67. The van der Waals surface area contributed by atoms with E-state index < -0.39 is 5.82 Å². The van der Waals surface area contributed by atoms with E-state index in [1.54, 1.807) is 0 Å². The maximum atomic E-state index is 13.9. The number of hydroxylamine groups is 1. The van der Waals surface area contributed by atoms with Crippen LogP contribution < -0.4 is 16.5 Å². The Morgan fingerprint density at radius 1 is 1.31 bits per heavy atom. The highest BCUT2D eigenvalue weighted by Gasteiger charge is 2.22. The maximum absolute atomic E-state index is 13.9. The van der Waals surface area contributed by atoms with Crippen molar-refractivity contribution in [2.45, 2.75) is 12.8 Å². The Labute approximate surface area is 97.9 Å². The molecule has 0 radical (unpaired) electrons. The topological polar surface area (TPSA) is 64.5 Å². The highest BCUT2D eigenvalue weighted by atomic mass is 35.5. The fourth-order valence-electron chi connectivity index (χ4n) is 1.68. The van der Waals surface area contributed by atoms with E-state index in [0.29, 0.717) is 13.2 Å². The number of nitrogens with two attached hydrogens (primary N) is 2. The second-order valence-electron chi connectivity index (χ2n) is 3.67. The van der Waals surface area contributed by atoms with Crippen LogP contribution in [0.15, 0.2) is 6.07 Å². The van der Waals surface area contributed by atoms with Crippen molar-refractivity contribution < 1.29 is 9.23 Å². The fourth-order valence-corrected chi connectivity index (χ4v) is 1.83. The summed E-state index contributed by atoms with van der Waals surface area (Å²) in [6, 6.07) is 1.44. The Kier molecular flexibility index (Phi) is 3.07. The molecule has 1 saturated heterocycles. The van der Waals surface area contributed by atoms with Crippen molar-refractivity contribution in [3.8, 4) is 0 Å². The molecule has 0 atom stereocenters. The minimum absolute atomic E-state index is 0.113. The molecule has 0 spiro atoms. The molecule has 2 rings (SSSR count). The van der Waals surface area contributed by atoms with Crippen molar-refractivity contribution in [2.24, 2.45) is 0 Å². The number of anilines is 3. The molecule has 0 saturated carbocycles. The lowest BCUT2D eigenvalue weighted by Crippen LogP contribution is -2.31. The lowest BCUT2D eigenvalue weighted by atomic mass is 10.2. The third kappa shape index (κ3) is 1.88. The molecule has 4 nitrogen and oxygen atoms in total.